The molecule has 0 aromatic heterocycles. The minimum Gasteiger partial charge on any atom is -0.355 e. The highest BCUT2D eigenvalue weighted by molar-refractivity contribution is 7.89. The lowest BCUT2D eigenvalue weighted by atomic mass is 10.2. The molecule has 0 radical (unpaired) electrons. The van der Waals surface area contributed by atoms with Gasteiger partial charge in [-0.1, -0.05) is 19.8 Å². The first kappa shape index (κ1) is 17.6. The van der Waals surface area contributed by atoms with Gasteiger partial charge in [-0.2, -0.15) is 4.31 Å². The maximum absolute atomic E-state index is 12.8. The van der Waals surface area contributed by atoms with Crippen molar-refractivity contribution in [3.05, 3.63) is 30.1 Å². The van der Waals surface area contributed by atoms with Crippen molar-refractivity contribution in [2.45, 2.75) is 31.1 Å². The number of carbonyl (C=O) groups is 1. The minimum absolute atomic E-state index is 0.0369. The second kappa shape index (κ2) is 8.09. The summed E-state index contributed by atoms with van der Waals surface area (Å²) in [6.07, 6.45) is 2.94. The van der Waals surface area contributed by atoms with Crippen molar-refractivity contribution < 1.29 is 17.6 Å². The Balaban J connectivity index is 2.59. The Bertz CT molecular complexity index is 558. The molecular weight excluding hydrogens is 295 g/mol. The van der Waals surface area contributed by atoms with Crippen LogP contribution in [0.25, 0.3) is 0 Å². The second-order valence-electron chi connectivity index (χ2n) is 4.77. The molecule has 0 aliphatic heterocycles. The summed E-state index contributed by atoms with van der Waals surface area (Å²) >= 11 is 0. The van der Waals surface area contributed by atoms with E-state index < -0.39 is 15.8 Å². The predicted molar refractivity (Wildman–Crippen MR) is 78.8 cm³/mol. The average Bonchev–Trinajstić information content (AvgIpc) is 2.44. The third-order valence-corrected chi connectivity index (χ3v) is 4.81. The summed E-state index contributed by atoms with van der Waals surface area (Å²) < 4.78 is 38.1. The highest BCUT2D eigenvalue weighted by Crippen LogP contribution is 2.14. The lowest BCUT2D eigenvalue weighted by Gasteiger charge is -2.16. The zero-order valence-corrected chi connectivity index (χ0v) is 13.1. The van der Waals surface area contributed by atoms with Gasteiger partial charge in [-0.05, 0) is 30.7 Å². The number of rotatable bonds is 8. The van der Waals surface area contributed by atoms with Gasteiger partial charge in [0.2, 0.25) is 15.9 Å². The van der Waals surface area contributed by atoms with E-state index in [1.54, 1.807) is 0 Å². The first-order valence-electron chi connectivity index (χ1n) is 6.86. The van der Waals surface area contributed by atoms with Gasteiger partial charge in [0.05, 0.1) is 11.4 Å². The van der Waals surface area contributed by atoms with Gasteiger partial charge in [0.1, 0.15) is 5.82 Å². The van der Waals surface area contributed by atoms with Gasteiger partial charge in [-0.25, -0.2) is 12.8 Å². The monoisotopic (exact) mass is 316 g/mol. The third-order valence-electron chi connectivity index (χ3n) is 2.99. The van der Waals surface area contributed by atoms with Crippen LogP contribution < -0.4 is 5.32 Å². The van der Waals surface area contributed by atoms with Crippen molar-refractivity contribution in [3.63, 3.8) is 0 Å². The maximum Gasteiger partial charge on any atom is 0.243 e. The summed E-state index contributed by atoms with van der Waals surface area (Å²) in [4.78, 5) is 11.6. The first-order chi connectivity index (χ1) is 9.87. The lowest BCUT2D eigenvalue weighted by molar-refractivity contribution is -0.121. The van der Waals surface area contributed by atoms with E-state index in [-0.39, 0.29) is 17.3 Å². The molecule has 1 aromatic rings. The second-order valence-corrected chi connectivity index (χ2v) is 6.82. The molecule has 0 heterocycles. The zero-order chi connectivity index (χ0) is 15.9. The predicted octanol–water partition coefficient (Wildman–Crippen LogP) is 1.75. The average molecular weight is 316 g/mol. The first-order valence-corrected chi connectivity index (χ1v) is 8.30. The van der Waals surface area contributed by atoms with E-state index in [2.05, 4.69) is 12.2 Å². The number of unbranched alkanes of at least 4 members (excludes halogenated alkanes) is 2. The van der Waals surface area contributed by atoms with Crippen LogP contribution in [0, 0.1) is 5.82 Å². The van der Waals surface area contributed by atoms with Crippen LogP contribution >= 0.6 is 0 Å². The summed E-state index contributed by atoms with van der Waals surface area (Å²) in [6, 6.07) is 4.51. The minimum atomic E-state index is -3.78. The van der Waals surface area contributed by atoms with Gasteiger partial charge in [0, 0.05) is 13.6 Å². The zero-order valence-electron chi connectivity index (χ0n) is 12.3. The Labute approximate surface area is 125 Å². The topological polar surface area (TPSA) is 66.5 Å². The number of halogens is 1. The van der Waals surface area contributed by atoms with Crippen LogP contribution in [0.15, 0.2) is 29.2 Å². The third kappa shape index (κ3) is 5.43. The van der Waals surface area contributed by atoms with Crippen LogP contribution in [-0.4, -0.2) is 38.8 Å². The molecule has 1 rings (SSSR count). The summed E-state index contributed by atoms with van der Waals surface area (Å²) in [5.41, 5.74) is 0. The smallest absolute Gasteiger partial charge is 0.243 e. The molecule has 1 amide bonds. The maximum atomic E-state index is 12.8. The van der Waals surface area contributed by atoms with E-state index in [0.717, 1.165) is 35.7 Å². The molecule has 5 nitrogen and oxygen atoms in total. The fraction of sp³-hybridized carbons (Fsp3) is 0.500. The van der Waals surface area contributed by atoms with Gasteiger partial charge in [-0.15, -0.1) is 0 Å². The Kier molecular flexibility index (Phi) is 6.77. The number of sulfonamides is 1. The molecule has 21 heavy (non-hydrogen) atoms. The number of hydrogen-bond acceptors (Lipinski definition) is 3. The molecule has 0 fully saturated rings. The Morgan fingerprint density at radius 3 is 2.43 bits per heavy atom. The van der Waals surface area contributed by atoms with E-state index >= 15 is 0 Å². The van der Waals surface area contributed by atoms with E-state index in [1.807, 2.05) is 0 Å². The molecular formula is C14H21FN2O3S. The van der Waals surface area contributed by atoms with E-state index in [0.29, 0.717) is 6.54 Å². The Morgan fingerprint density at radius 1 is 1.24 bits per heavy atom. The van der Waals surface area contributed by atoms with Gasteiger partial charge in [0.15, 0.2) is 0 Å². The molecule has 0 aliphatic carbocycles. The molecule has 7 heteroatoms. The summed E-state index contributed by atoms with van der Waals surface area (Å²) in [6.45, 7) is 2.34. The van der Waals surface area contributed by atoms with Crippen molar-refractivity contribution in [1.29, 1.82) is 0 Å². The standard InChI is InChI=1S/C14H21FN2O3S/c1-3-4-5-10-16-14(18)11-17(2)21(19,20)13-8-6-12(15)7-9-13/h6-9H,3-5,10-11H2,1-2H3,(H,16,18). The Hall–Kier alpha value is -1.47. The molecule has 0 spiro atoms. The number of benzene rings is 1. The molecule has 0 bridgehead atoms. The van der Waals surface area contributed by atoms with Crippen LogP contribution in [0.5, 0.6) is 0 Å². The van der Waals surface area contributed by atoms with E-state index in [1.165, 1.54) is 19.2 Å². The number of carbonyl (C=O) groups excluding carboxylic acids is 1. The van der Waals surface area contributed by atoms with Crippen molar-refractivity contribution in [1.82, 2.24) is 9.62 Å². The van der Waals surface area contributed by atoms with Crippen LogP contribution in [0.4, 0.5) is 4.39 Å². The molecule has 118 valence electrons. The van der Waals surface area contributed by atoms with Crippen LogP contribution in [-0.2, 0) is 14.8 Å². The molecule has 0 atom stereocenters. The van der Waals surface area contributed by atoms with Gasteiger partial charge in [0.25, 0.3) is 0 Å². The van der Waals surface area contributed by atoms with Gasteiger partial charge >= 0.3 is 0 Å². The SMILES string of the molecule is CCCCCNC(=O)CN(C)S(=O)(=O)c1ccc(F)cc1. The van der Waals surface area contributed by atoms with Gasteiger partial charge in [-0.3, -0.25) is 4.79 Å². The largest absolute Gasteiger partial charge is 0.355 e. The summed E-state index contributed by atoms with van der Waals surface area (Å²) in [5.74, 6) is -0.857. The number of amides is 1. The summed E-state index contributed by atoms with van der Waals surface area (Å²) in [5, 5.41) is 2.68. The summed E-state index contributed by atoms with van der Waals surface area (Å²) in [7, 11) is -2.46. The van der Waals surface area contributed by atoms with Crippen molar-refractivity contribution in [2.75, 3.05) is 20.1 Å². The van der Waals surface area contributed by atoms with Crippen LogP contribution in [0.2, 0.25) is 0 Å². The number of nitrogens with one attached hydrogen (secondary N) is 1. The van der Waals surface area contributed by atoms with Gasteiger partial charge < -0.3 is 5.32 Å². The molecule has 0 saturated carbocycles. The van der Waals surface area contributed by atoms with Crippen molar-refractivity contribution in [3.8, 4) is 0 Å². The Morgan fingerprint density at radius 2 is 1.86 bits per heavy atom. The quantitative estimate of drug-likeness (QED) is 0.743. The van der Waals surface area contributed by atoms with E-state index in [9.17, 15) is 17.6 Å². The molecule has 0 saturated heterocycles. The van der Waals surface area contributed by atoms with Crippen LogP contribution in [0.1, 0.15) is 26.2 Å². The van der Waals surface area contributed by atoms with Crippen molar-refractivity contribution in [2.24, 2.45) is 0 Å². The van der Waals surface area contributed by atoms with Crippen LogP contribution in [0.3, 0.4) is 0 Å². The molecule has 0 unspecified atom stereocenters. The van der Waals surface area contributed by atoms with Crippen molar-refractivity contribution >= 4 is 15.9 Å². The fourth-order valence-electron chi connectivity index (χ4n) is 1.73. The number of nitrogens with zero attached hydrogens (tertiary/aromatic N) is 1. The lowest BCUT2D eigenvalue weighted by Crippen LogP contribution is -2.38. The highest BCUT2D eigenvalue weighted by atomic mass is 32.2. The normalized spacial score (nSPS) is 11.6. The van der Waals surface area contributed by atoms with E-state index in [4.69, 9.17) is 0 Å². The molecule has 1 aromatic carbocycles. The highest BCUT2D eigenvalue weighted by Gasteiger charge is 2.22. The molecule has 0 aliphatic rings. The molecule has 1 N–H and O–H groups in total. The number of hydrogen-bond donors (Lipinski definition) is 1. The fourth-order valence-corrected chi connectivity index (χ4v) is 2.86. The number of likely N-dealkylation sites (N-methyl/N-ethyl adjacent to an activating group) is 1.